The van der Waals surface area contributed by atoms with Crippen molar-refractivity contribution >= 4 is 40.6 Å². The lowest BCUT2D eigenvalue weighted by molar-refractivity contribution is -0.149. The fourth-order valence-electron chi connectivity index (χ4n) is 4.41. The molecule has 6 nitrogen and oxygen atoms in total. The zero-order chi connectivity index (χ0) is 22.2. The second-order valence-electron chi connectivity index (χ2n) is 8.79. The van der Waals surface area contributed by atoms with Gasteiger partial charge in [0, 0.05) is 17.8 Å². The van der Waals surface area contributed by atoms with Crippen LogP contribution >= 0.6 is 11.8 Å². The molecule has 0 N–H and O–H groups in total. The van der Waals surface area contributed by atoms with E-state index in [1.807, 2.05) is 6.07 Å². The molecule has 0 saturated carbocycles. The van der Waals surface area contributed by atoms with Gasteiger partial charge in [0.2, 0.25) is 0 Å². The van der Waals surface area contributed by atoms with E-state index in [0.29, 0.717) is 10.8 Å². The van der Waals surface area contributed by atoms with Gasteiger partial charge in [-0.15, -0.1) is 0 Å². The predicted molar refractivity (Wildman–Crippen MR) is 120 cm³/mol. The zero-order valence-electron chi connectivity index (χ0n) is 18.5. The van der Waals surface area contributed by atoms with Crippen LogP contribution in [0.1, 0.15) is 65.0 Å². The number of hydrogen-bond donors (Lipinski definition) is 0. The predicted octanol–water partition coefficient (Wildman–Crippen LogP) is 4.79. The Kier molecular flexibility index (Phi) is 6.32. The molecule has 0 spiro atoms. The monoisotopic (exact) mass is 430 g/mol. The highest BCUT2D eigenvalue weighted by molar-refractivity contribution is 8.18. The van der Waals surface area contributed by atoms with Gasteiger partial charge in [-0.25, -0.2) is 0 Å². The number of hydrogen-bond acceptors (Lipinski definition) is 6. The molecule has 2 heterocycles. The van der Waals surface area contributed by atoms with Crippen molar-refractivity contribution in [3.05, 3.63) is 34.2 Å². The number of fused-ring (bicyclic) bond motifs is 1. The number of ether oxygens (including phenoxy) is 1. The van der Waals surface area contributed by atoms with E-state index in [-0.39, 0.29) is 18.2 Å². The largest absolute Gasteiger partial charge is 0.462 e. The average molecular weight is 431 g/mol. The Hall–Kier alpha value is -2.28. The molecule has 3 rings (SSSR count). The van der Waals surface area contributed by atoms with E-state index in [4.69, 9.17) is 4.74 Å². The second-order valence-corrected chi connectivity index (χ2v) is 9.78. The maximum atomic E-state index is 12.7. The molecule has 1 saturated heterocycles. The van der Waals surface area contributed by atoms with Crippen molar-refractivity contribution in [2.75, 3.05) is 18.0 Å². The molecule has 0 aromatic heterocycles. The molecule has 0 radical (unpaired) electrons. The maximum absolute atomic E-state index is 12.7. The summed E-state index contributed by atoms with van der Waals surface area (Å²) in [5.74, 6) is -0.641. The van der Waals surface area contributed by atoms with Gasteiger partial charge in [-0.3, -0.25) is 19.3 Å². The number of rotatable bonds is 5. The summed E-state index contributed by atoms with van der Waals surface area (Å²) in [5.41, 5.74) is 3.45. The van der Waals surface area contributed by atoms with E-state index < -0.39 is 17.1 Å². The number of thioether (sulfide) groups is 1. The van der Waals surface area contributed by atoms with Crippen molar-refractivity contribution in [3.8, 4) is 0 Å². The lowest BCUT2D eigenvalue weighted by Crippen LogP contribution is -2.48. The molecule has 0 aliphatic carbocycles. The SMILES string of the molecule is CCN1c2ccc(/C=C3/SC(=O)N(CC(=O)OC(C)C)C3=O)cc2[C@H](C)CC1(C)C. The molecule has 162 valence electrons. The molecular formula is C23H30N2O4S. The fourth-order valence-corrected chi connectivity index (χ4v) is 5.25. The van der Waals surface area contributed by atoms with Crippen LogP contribution in [0.2, 0.25) is 0 Å². The molecule has 7 heteroatoms. The van der Waals surface area contributed by atoms with Crippen LogP contribution in [0, 0.1) is 0 Å². The highest BCUT2D eigenvalue weighted by Crippen LogP contribution is 2.44. The van der Waals surface area contributed by atoms with Crippen molar-refractivity contribution < 1.29 is 19.1 Å². The summed E-state index contributed by atoms with van der Waals surface area (Å²) in [5, 5.41) is -0.447. The third-order valence-corrected chi connectivity index (χ3v) is 6.46. The van der Waals surface area contributed by atoms with Crippen LogP contribution in [0.25, 0.3) is 6.08 Å². The Morgan fingerprint density at radius 1 is 1.33 bits per heavy atom. The fraction of sp³-hybridized carbons (Fsp3) is 0.522. The maximum Gasteiger partial charge on any atom is 0.326 e. The normalized spacial score (nSPS) is 22.1. The molecule has 2 aliphatic rings. The molecule has 2 aliphatic heterocycles. The van der Waals surface area contributed by atoms with E-state index >= 15 is 0 Å². The quantitative estimate of drug-likeness (QED) is 0.494. The van der Waals surface area contributed by atoms with Crippen LogP contribution in [0.4, 0.5) is 10.5 Å². The number of amides is 2. The minimum atomic E-state index is -0.585. The van der Waals surface area contributed by atoms with Gasteiger partial charge in [-0.1, -0.05) is 13.0 Å². The molecule has 2 amide bonds. The summed E-state index contributed by atoms with van der Waals surface area (Å²) in [7, 11) is 0. The van der Waals surface area contributed by atoms with Crippen molar-refractivity contribution in [2.24, 2.45) is 0 Å². The molecule has 30 heavy (non-hydrogen) atoms. The lowest BCUT2D eigenvalue weighted by Gasteiger charge is -2.47. The van der Waals surface area contributed by atoms with Crippen LogP contribution in [-0.2, 0) is 14.3 Å². The topological polar surface area (TPSA) is 66.9 Å². The number of carbonyl (C=O) groups is 3. The Balaban J connectivity index is 1.84. The van der Waals surface area contributed by atoms with Crippen molar-refractivity contribution in [1.82, 2.24) is 4.90 Å². The smallest absolute Gasteiger partial charge is 0.326 e. The van der Waals surface area contributed by atoms with Gasteiger partial charge in [-0.05, 0) is 88.1 Å². The van der Waals surface area contributed by atoms with Crippen molar-refractivity contribution in [2.45, 2.75) is 65.5 Å². The lowest BCUT2D eigenvalue weighted by atomic mass is 9.79. The number of benzene rings is 1. The summed E-state index contributed by atoms with van der Waals surface area (Å²) < 4.78 is 5.06. The highest BCUT2D eigenvalue weighted by atomic mass is 32.2. The molecule has 0 unspecified atom stereocenters. The number of imide groups is 1. The van der Waals surface area contributed by atoms with Crippen molar-refractivity contribution in [3.63, 3.8) is 0 Å². The summed E-state index contributed by atoms with van der Waals surface area (Å²) >= 11 is 0.861. The minimum absolute atomic E-state index is 0.0932. The molecule has 0 bridgehead atoms. The van der Waals surface area contributed by atoms with E-state index in [1.54, 1.807) is 19.9 Å². The molecule has 1 fully saturated rings. The van der Waals surface area contributed by atoms with Crippen LogP contribution in [0.3, 0.4) is 0 Å². The molecule has 1 aromatic rings. The van der Waals surface area contributed by atoms with E-state index in [1.165, 1.54) is 11.3 Å². The Morgan fingerprint density at radius 3 is 2.67 bits per heavy atom. The summed E-state index contributed by atoms with van der Waals surface area (Å²) in [6.07, 6.45) is 2.49. The standard InChI is InChI=1S/C23H30N2O4S/c1-7-25-18-9-8-16(10-17(18)15(4)12-23(25,5)6)11-19-21(27)24(22(28)30-19)13-20(26)29-14(2)3/h8-11,14-15H,7,12-13H2,1-6H3/b19-11+/t15-/m1/s1. The molecule has 1 aromatic carbocycles. The third-order valence-electron chi connectivity index (χ3n) is 5.55. The minimum Gasteiger partial charge on any atom is -0.462 e. The van der Waals surface area contributed by atoms with Gasteiger partial charge in [0.15, 0.2) is 0 Å². The van der Waals surface area contributed by atoms with Crippen LogP contribution in [-0.4, -0.2) is 46.7 Å². The van der Waals surface area contributed by atoms with Crippen LogP contribution < -0.4 is 4.90 Å². The Bertz CT molecular complexity index is 906. The number of anilines is 1. The van der Waals surface area contributed by atoms with Crippen LogP contribution in [0.5, 0.6) is 0 Å². The second kappa shape index (κ2) is 8.46. The van der Waals surface area contributed by atoms with Crippen LogP contribution in [0.15, 0.2) is 23.1 Å². The van der Waals surface area contributed by atoms with Crippen molar-refractivity contribution in [1.29, 1.82) is 0 Å². The average Bonchev–Trinajstić information content (AvgIpc) is 2.88. The number of nitrogens with zero attached hydrogens (tertiary/aromatic N) is 2. The zero-order valence-corrected chi connectivity index (χ0v) is 19.3. The van der Waals surface area contributed by atoms with Gasteiger partial charge >= 0.3 is 5.97 Å². The van der Waals surface area contributed by atoms with Gasteiger partial charge in [-0.2, -0.15) is 0 Å². The van der Waals surface area contributed by atoms with Gasteiger partial charge in [0.1, 0.15) is 6.54 Å². The van der Waals surface area contributed by atoms with E-state index in [0.717, 1.165) is 35.2 Å². The van der Waals surface area contributed by atoms with E-state index in [9.17, 15) is 14.4 Å². The Morgan fingerprint density at radius 2 is 2.03 bits per heavy atom. The number of esters is 1. The van der Waals surface area contributed by atoms with Gasteiger partial charge in [0.25, 0.3) is 11.1 Å². The van der Waals surface area contributed by atoms with Gasteiger partial charge < -0.3 is 9.64 Å². The first kappa shape index (κ1) is 22.4. The first-order chi connectivity index (χ1) is 14.0. The first-order valence-electron chi connectivity index (χ1n) is 10.4. The van der Waals surface area contributed by atoms with E-state index in [2.05, 4.69) is 44.7 Å². The highest BCUT2D eigenvalue weighted by Gasteiger charge is 2.38. The number of carbonyl (C=O) groups excluding carboxylic acids is 3. The summed E-state index contributed by atoms with van der Waals surface area (Å²) in [6.45, 7) is 12.9. The first-order valence-corrected chi connectivity index (χ1v) is 11.2. The third kappa shape index (κ3) is 4.41. The molecule has 1 atom stereocenters. The van der Waals surface area contributed by atoms with Gasteiger partial charge in [0.05, 0.1) is 11.0 Å². The Labute approximate surface area is 182 Å². The summed E-state index contributed by atoms with van der Waals surface area (Å²) in [6, 6.07) is 6.20. The summed E-state index contributed by atoms with van der Waals surface area (Å²) in [4.78, 5) is 40.5. The molecular weight excluding hydrogens is 400 g/mol.